The third kappa shape index (κ3) is 1.85. The van der Waals surface area contributed by atoms with Crippen LogP contribution in [-0.2, 0) is 21.4 Å². The molecule has 0 unspecified atom stereocenters. The molecule has 2 rings (SSSR count). The summed E-state index contributed by atoms with van der Waals surface area (Å²) in [6, 6.07) is 5.76. The monoisotopic (exact) mass is 270 g/mol. The SMILES string of the molecule is CN(C)S(=O)(=O)N1c2ccccc2C[C@H]1C(=O)O. The summed E-state index contributed by atoms with van der Waals surface area (Å²) in [6.45, 7) is 0. The molecule has 0 spiro atoms. The first-order valence-electron chi connectivity index (χ1n) is 5.38. The number of hydrogen-bond acceptors (Lipinski definition) is 3. The number of fused-ring (bicyclic) bond motifs is 1. The Hall–Kier alpha value is -1.60. The Labute approximate surface area is 106 Å². The van der Waals surface area contributed by atoms with Crippen LogP contribution in [0, 0.1) is 0 Å². The van der Waals surface area contributed by atoms with Crippen molar-refractivity contribution in [3.63, 3.8) is 0 Å². The van der Waals surface area contributed by atoms with Gasteiger partial charge in [-0.15, -0.1) is 0 Å². The first-order chi connectivity index (χ1) is 8.35. The number of rotatable bonds is 3. The smallest absolute Gasteiger partial charge is 0.327 e. The second kappa shape index (κ2) is 4.25. The van der Waals surface area contributed by atoms with Crippen LogP contribution in [0.15, 0.2) is 24.3 Å². The zero-order valence-corrected chi connectivity index (χ0v) is 10.9. The lowest BCUT2D eigenvalue weighted by molar-refractivity contribution is -0.138. The van der Waals surface area contributed by atoms with Crippen LogP contribution in [0.1, 0.15) is 5.56 Å². The maximum absolute atomic E-state index is 12.2. The molecule has 0 amide bonds. The van der Waals surface area contributed by atoms with Crippen LogP contribution in [0.25, 0.3) is 0 Å². The van der Waals surface area contributed by atoms with Crippen LogP contribution in [0.3, 0.4) is 0 Å². The molecule has 0 bridgehead atoms. The molecule has 18 heavy (non-hydrogen) atoms. The van der Waals surface area contributed by atoms with E-state index in [0.29, 0.717) is 5.69 Å². The summed E-state index contributed by atoms with van der Waals surface area (Å²) in [5, 5.41) is 9.18. The molecule has 1 aliphatic heterocycles. The van der Waals surface area contributed by atoms with E-state index >= 15 is 0 Å². The molecule has 0 aliphatic carbocycles. The van der Waals surface area contributed by atoms with Crippen molar-refractivity contribution in [2.75, 3.05) is 18.4 Å². The van der Waals surface area contributed by atoms with Gasteiger partial charge in [0.25, 0.3) is 0 Å². The second-order valence-corrected chi connectivity index (χ2v) is 6.29. The second-order valence-electron chi connectivity index (χ2n) is 4.27. The molecule has 0 fully saturated rings. The van der Waals surface area contributed by atoms with Gasteiger partial charge in [0, 0.05) is 20.5 Å². The molecule has 0 saturated heterocycles. The topological polar surface area (TPSA) is 77.9 Å². The van der Waals surface area contributed by atoms with Gasteiger partial charge in [0.15, 0.2) is 0 Å². The molecule has 1 atom stereocenters. The van der Waals surface area contributed by atoms with Crippen molar-refractivity contribution in [3.05, 3.63) is 29.8 Å². The van der Waals surface area contributed by atoms with E-state index in [9.17, 15) is 18.3 Å². The van der Waals surface area contributed by atoms with Crippen LogP contribution < -0.4 is 4.31 Å². The summed E-state index contributed by atoms with van der Waals surface area (Å²) >= 11 is 0. The fourth-order valence-electron chi connectivity index (χ4n) is 2.01. The summed E-state index contributed by atoms with van der Waals surface area (Å²) in [4.78, 5) is 11.2. The predicted octanol–water partition coefficient (Wildman–Crippen LogP) is 0.309. The van der Waals surface area contributed by atoms with E-state index in [1.54, 1.807) is 24.3 Å². The average molecular weight is 270 g/mol. The van der Waals surface area contributed by atoms with Gasteiger partial charge in [0.1, 0.15) is 6.04 Å². The van der Waals surface area contributed by atoms with Gasteiger partial charge in [-0.1, -0.05) is 18.2 Å². The molecule has 0 saturated carbocycles. The molecule has 1 aliphatic rings. The highest BCUT2D eigenvalue weighted by Gasteiger charge is 2.42. The minimum Gasteiger partial charge on any atom is -0.480 e. The van der Waals surface area contributed by atoms with E-state index in [2.05, 4.69) is 0 Å². The quantitative estimate of drug-likeness (QED) is 0.857. The summed E-state index contributed by atoms with van der Waals surface area (Å²) < 4.78 is 26.4. The third-order valence-electron chi connectivity index (χ3n) is 2.92. The number of hydrogen-bond donors (Lipinski definition) is 1. The van der Waals surface area contributed by atoms with Crippen molar-refractivity contribution in [2.24, 2.45) is 0 Å². The lowest BCUT2D eigenvalue weighted by Gasteiger charge is -2.27. The number of nitrogens with zero attached hydrogens (tertiary/aromatic N) is 2. The molecule has 98 valence electrons. The number of carboxylic acids is 1. The van der Waals surface area contributed by atoms with Crippen molar-refractivity contribution < 1.29 is 18.3 Å². The standard InChI is InChI=1S/C11H14N2O4S/c1-12(2)18(16,17)13-9-6-4-3-5-8(9)7-10(13)11(14)15/h3-6,10H,7H2,1-2H3,(H,14,15)/t10-/m0/s1. The van der Waals surface area contributed by atoms with Gasteiger partial charge >= 0.3 is 16.2 Å². The molecule has 6 nitrogen and oxygen atoms in total. The third-order valence-corrected chi connectivity index (χ3v) is 4.79. The normalized spacial score (nSPS) is 19.1. The molecule has 0 radical (unpaired) electrons. The van der Waals surface area contributed by atoms with E-state index in [-0.39, 0.29) is 6.42 Å². The number of carbonyl (C=O) groups is 1. The minimum atomic E-state index is -3.80. The van der Waals surface area contributed by atoms with Crippen molar-refractivity contribution in [3.8, 4) is 0 Å². The zero-order valence-electron chi connectivity index (χ0n) is 10.1. The Morgan fingerprint density at radius 1 is 1.39 bits per heavy atom. The van der Waals surface area contributed by atoms with Gasteiger partial charge in [-0.05, 0) is 11.6 Å². The Kier molecular flexibility index (Phi) is 3.04. The van der Waals surface area contributed by atoms with Gasteiger partial charge in [0.2, 0.25) is 0 Å². The molecule has 1 heterocycles. The van der Waals surface area contributed by atoms with Crippen LogP contribution in [0.4, 0.5) is 5.69 Å². The van der Waals surface area contributed by atoms with E-state index in [0.717, 1.165) is 14.2 Å². The van der Waals surface area contributed by atoms with Crippen LogP contribution in [0.5, 0.6) is 0 Å². The van der Waals surface area contributed by atoms with Gasteiger partial charge in [-0.3, -0.25) is 0 Å². The predicted molar refractivity (Wildman–Crippen MR) is 66.7 cm³/mol. The highest BCUT2D eigenvalue weighted by Crippen LogP contribution is 2.34. The van der Waals surface area contributed by atoms with E-state index in [1.165, 1.54) is 14.1 Å². The maximum atomic E-state index is 12.2. The largest absolute Gasteiger partial charge is 0.480 e. The summed E-state index contributed by atoms with van der Waals surface area (Å²) in [5.41, 5.74) is 1.17. The molecule has 1 N–H and O–H groups in total. The van der Waals surface area contributed by atoms with Crippen LogP contribution >= 0.6 is 0 Å². The molecular formula is C11H14N2O4S. The lowest BCUT2D eigenvalue weighted by Crippen LogP contribution is -2.47. The molecule has 1 aromatic carbocycles. The number of aliphatic carboxylic acids is 1. The zero-order chi connectivity index (χ0) is 13.5. The van der Waals surface area contributed by atoms with Gasteiger partial charge in [-0.25, -0.2) is 9.10 Å². The summed E-state index contributed by atoms with van der Waals surface area (Å²) in [5.74, 6) is -1.14. The number of para-hydroxylation sites is 1. The average Bonchev–Trinajstić information content (AvgIpc) is 2.68. The summed E-state index contributed by atoms with van der Waals surface area (Å²) in [6.07, 6.45) is 0.193. The minimum absolute atomic E-state index is 0.193. The fourth-order valence-corrected chi connectivity index (χ4v) is 3.27. The Morgan fingerprint density at radius 2 is 2.00 bits per heavy atom. The number of carboxylic acid groups (broad SMARTS) is 1. The van der Waals surface area contributed by atoms with Crippen LogP contribution in [-0.4, -0.2) is 43.9 Å². The highest BCUT2D eigenvalue weighted by molar-refractivity contribution is 7.90. The molecular weight excluding hydrogens is 256 g/mol. The Balaban J connectivity index is 2.57. The van der Waals surface area contributed by atoms with Crippen molar-refractivity contribution >= 4 is 21.9 Å². The van der Waals surface area contributed by atoms with Gasteiger partial charge in [0.05, 0.1) is 5.69 Å². The number of benzene rings is 1. The fraction of sp³-hybridized carbons (Fsp3) is 0.364. The van der Waals surface area contributed by atoms with E-state index in [4.69, 9.17) is 0 Å². The first-order valence-corrected chi connectivity index (χ1v) is 6.78. The maximum Gasteiger partial charge on any atom is 0.327 e. The van der Waals surface area contributed by atoms with Crippen molar-refractivity contribution in [1.29, 1.82) is 0 Å². The Morgan fingerprint density at radius 3 is 2.56 bits per heavy atom. The number of anilines is 1. The van der Waals surface area contributed by atoms with Crippen molar-refractivity contribution in [2.45, 2.75) is 12.5 Å². The van der Waals surface area contributed by atoms with E-state index in [1.807, 2.05) is 0 Å². The molecule has 0 aromatic heterocycles. The van der Waals surface area contributed by atoms with Gasteiger partial charge < -0.3 is 5.11 Å². The lowest BCUT2D eigenvalue weighted by atomic mass is 10.1. The van der Waals surface area contributed by atoms with Crippen LogP contribution in [0.2, 0.25) is 0 Å². The highest BCUT2D eigenvalue weighted by atomic mass is 32.2. The molecule has 7 heteroatoms. The van der Waals surface area contributed by atoms with Gasteiger partial charge in [-0.2, -0.15) is 12.7 Å². The summed E-state index contributed by atoms with van der Waals surface area (Å²) in [7, 11) is -1.03. The van der Waals surface area contributed by atoms with Crippen molar-refractivity contribution in [1.82, 2.24) is 4.31 Å². The first kappa shape index (κ1) is 12.8. The van der Waals surface area contributed by atoms with E-state index < -0.39 is 22.2 Å². The Bertz CT molecular complexity index is 582. The molecule has 1 aromatic rings.